The van der Waals surface area contributed by atoms with E-state index in [2.05, 4.69) is 35.9 Å². The standard InChI is InChI=1S/C16H28BN2O2S/c1-6-8-19(17-11-20)14(12(3)4)9-15(21-7-2)16-18-13(5)10-22-16/h10-12,14-15H,6-9H2,1-5H3/t14-,15-/m1/s1. The van der Waals surface area contributed by atoms with Crippen molar-refractivity contribution >= 4 is 24.9 Å². The number of aromatic nitrogens is 1. The minimum Gasteiger partial charge on any atom is -0.371 e. The second-order valence-electron chi connectivity index (χ2n) is 5.84. The molecule has 0 aliphatic carbocycles. The molecule has 0 unspecified atom stereocenters. The lowest BCUT2D eigenvalue weighted by atomic mass is 9.85. The van der Waals surface area contributed by atoms with Crippen LogP contribution in [0.1, 0.15) is 57.3 Å². The van der Waals surface area contributed by atoms with Crippen LogP contribution >= 0.6 is 11.3 Å². The quantitative estimate of drug-likeness (QED) is 0.462. The third-order valence-electron chi connectivity index (χ3n) is 3.67. The second kappa shape index (κ2) is 10.1. The van der Waals surface area contributed by atoms with E-state index in [0.29, 0.717) is 12.5 Å². The molecule has 1 radical (unpaired) electrons. The average molecular weight is 323 g/mol. The minimum absolute atomic E-state index is 0.00416. The van der Waals surface area contributed by atoms with E-state index in [1.807, 2.05) is 13.8 Å². The largest absolute Gasteiger partial charge is 0.371 e. The Hall–Kier alpha value is -0.715. The van der Waals surface area contributed by atoms with Gasteiger partial charge >= 0.3 is 0 Å². The van der Waals surface area contributed by atoms with Gasteiger partial charge in [0.25, 0.3) is 7.41 Å². The zero-order valence-electron chi connectivity index (χ0n) is 14.4. The Morgan fingerprint density at radius 3 is 2.64 bits per heavy atom. The monoisotopic (exact) mass is 323 g/mol. The molecule has 1 aromatic heterocycles. The topological polar surface area (TPSA) is 42.4 Å². The predicted octanol–water partition coefficient (Wildman–Crippen LogP) is 3.47. The van der Waals surface area contributed by atoms with Crippen molar-refractivity contribution in [1.82, 2.24) is 9.79 Å². The Labute approximate surface area is 139 Å². The molecule has 0 saturated heterocycles. The molecule has 2 atom stereocenters. The number of carbonyl (C=O) groups excluding carboxylic acids is 1. The fourth-order valence-corrected chi connectivity index (χ4v) is 3.52. The lowest BCUT2D eigenvalue weighted by molar-refractivity contribution is 0.0340. The number of rotatable bonds is 11. The molecule has 0 bridgehead atoms. The van der Waals surface area contributed by atoms with E-state index in [9.17, 15) is 4.79 Å². The first-order chi connectivity index (χ1) is 10.5. The lowest BCUT2D eigenvalue weighted by Gasteiger charge is -2.35. The minimum atomic E-state index is -0.00416. The van der Waals surface area contributed by atoms with Crippen LogP contribution in [0.4, 0.5) is 0 Å². The highest BCUT2D eigenvalue weighted by Crippen LogP contribution is 2.29. The Morgan fingerprint density at radius 1 is 1.45 bits per heavy atom. The van der Waals surface area contributed by atoms with Crippen molar-refractivity contribution < 1.29 is 9.53 Å². The van der Waals surface area contributed by atoms with Crippen LogP contribution in [0.2, 0.25) is 0 Å². The number of carbonyl (C=O) groups is 1. The summed E-state index contributed by atoms with van der Waals surface area (Å²) in [5.74, 6) is 0.437. The Morgan fingerprint density at radius 2 is 2.18 bits per heavy atom. The third kappa shape index (κ3) is 5.82. The van der Waals surface area contributed by atoms with Crippen molar-refractivity contribution in [1.29, 1.82) is 0 Å². The molecule has 0 aliphatic heterocycles. The molecular formula is C16H28BN2O2S. The van der Waals surface area contributed by atoms with Gasteiger partial charge in [0.05, 0.1) is 6.19 Å². The number of hydrogen-bond donors (Lipinski definition) is 0. The van der Waals surface area contributed by atoms with Crippen LogP contribution in [0.5, 0.6) is 0 Å². The maximum absolute atomic E-state index is 11.0. The van der Waals surface area contributed by atoms with Gasteiger partial charge in [0.15, 0.2) is 0 Å². The summed E-state index contributed by atoms with van der Waals surface area (Å²) in [7, 11) is 1.67. The molecule has 0 aromatic carbocycles. The Bertz CT molecular complexity index is 440. The molecule has 0 aliphatic rings. The smallest absolute Gasteiger partial charge is 0.293 e. The van der Waals surface area contributed by atoms with E-state index in [0.717, 1.165) is 36.3 Å². The van der Waals surface area contributed by atoms with E-state index < -0.39 is 0 Å². The summed E-state index contributed by atoms with van der Waals surface area (Å²) in [5.41, 5.74) is 1.04. The predicted molar refractivity (Wildman–Crippen MR) is 94.0 cm³/mol. The molecule has 1 heterocycles. The first-order valence-electron chi connectivity index (χ1n) is 8.11. The summed E-state index contributed by atoms with van der Waals surface area (Å²) in [6.07, 6.45) is 2.75. The molecule has 0 N–H and O–H groups in total. The van der Waals surface area contributed by atoms with Gasteiger partial charge in [-0.15, -0.1) is 11.3 Å². The molecule has 22 heavy (non-hydrogen) atoms. The normalized spacial score (nSPS) is 14.3. The van der Waals surface area contributed by atoms with Gasteiger partial charge < -0.3 is 14.3 Å². The molecule has 1 rings (SSSR count). The Kier molecular flexibility index (Phi) is 8.90. The number of aryl methyl sites for hydroxylation is 1. The van der Waals surface area contributed by atoms with Crippen LogP contribution < -0.4 is 0 Å². The highest BCUT2D eigenvalue weighted by atomic mass is 32.1. The molecular weight excluding hydrogens is 295 g/mol. The maximum Gasteiger partial charge on any atom is 0.293 e. The van der Waals surface area contributed by atoms with Gasteiger partial charge in [0.1, 0.15) is 11.1 Å². The van der Waals surface area contributed by atoms with Gasteiger partial charge in [0, 0.05) is 23.7 Å². The van der Waals surface area contributed by atoms with E-state index in [1.54, 1.807) is 18.8 Å². The van der Waals surface area contributed by atoms with E-state index in [1.165, 1.54) is 0 Å². The SMILES string of the molecule is CCCN([B]C=O)[C@H](C[C@@H](OCC)c1nc(C)cs1)C(C)C. The van der Waals surface area contributed by atoms with E-state index in [4.69, 9.17) is 4.74 Å². The molecule has 1 aromatic rings. The van der Waals surface area contributed by atoms with Gasteiger partial charge in [-0.1, -0.05) is 20.8 Å². The van der Waals surface area contributed by atoms with Gasteiger partial charge in [0.2, 0.25) is 0 Å². The number of ether oxygens (including phenoxy) is 1. The molecule has 0 amide bonds. The van der Waals surface area contributed by atoms with Gasteiger partial charge in [-0.05, 0) is 39.2 Å². The summed E-state index contributed by atoms with van der Waals surface area (Å²) in [5, 5.41) is 3.10. The van der Waals surface area contributed by atoms with Crippen LogP contribution in [0.15, 0.2) is 5.38 Å². The van der Waals surface area contributed by atoms with Crippen LogP contribution in [0.3, 0.4) is 0 Å². The molecule has 4 nitrogen and oxygen atoms in total. The molecule has 0 fully saturated rings. The van der Waals surface area contributed by atoms with Crippen molar-refractivity contribution in [2.45, 2.75) is 59.6 Å². The van der Waals surface area contributed by atoms with Gasteiger partial charge in [-0.2, -0.15) is 0 Å². The fraction of sp³-hybridized carbons (Fsp3) is 0.750. The molecule has 6 heteroatoms. The van der Waals surface area contributed by atoms with Crippen molar-refractivity contribution in [3.63, 3.8) is 0 Å². The van der Waals surface area contributed by atoms with Gasteiger partial charge in [-0.3, -0.25) is 0 Å². The summed E-state index contributed by atoms with van der Waals surface area (Å²) < 4.78 is 5.95. The number of nitrogens with zero attached hydrogens (tertiary/aromatic N) is 2. The van der Waals surface area contributed by atoms with Gasteiger partial charge in [-0.25, -0.2) is 4.98 Å². The van der Waals surface area contributed by atoms with Crippen molar-refractivity contribution in [2.24, 2.45) is 5.92 Å². The Balaban J connectivity index is 2.90. The lowest BCUT2D eigenvalue weighted by Crippen LogP contribution is -2.43. The number of hydrogen-bond acceptors (Lipinski definition) is 5. The maximum atomic E-state index is 11.0. The van der Waals surface area contributed by atoms with Crippen molar-refractivity contribution in [3.05, 3.63) is 16.1 Å². The zero-order chi connectivity index (χ0) is 16.5. The van der Waals surface area contributed by atoms with Crippen molar-refractivity contribution in [3.8, 4) is 0 Å². The third-order valence-corrected chi connectivity index (χ3v) is 4.72. The number of thiazole rings is 1. The summed E-state index contributed by atoms with van der Waals surface area (Å²) in [4.78, 5) is 17.7. The zero-order valence-corrected chi connectivity index (χ0v) is 15.2. The molecule has 0 spiro atoms. The fourth-order valence-electron chi connectivity index (χ4n) is 2.66. The van der Waals surface area contributed by atoms with Crippen LogP contribution in [-0.2, 0) is 9.53 Å². The average Bonchev–Trinajstić information content (AvgIpc) is 2.89. The van der Waals surface area contributed by atoms with E-state index in [-0.39, 0.29) is 12.1 Å². The highest BCUT2D eigenvalue weighted by molar-refractivity contribution is 7.09. The highest BCUT2D eigenvalue weighted by Gasteiger charge is 2.27. The van der Waals surface area contributed by atoms with Crippen molar-refractivity contribution in [2.75, 3.05) is 13.2 Å². The van der Waals surface area contributed by atoms with Crippen LogP contribution in [0.25, 0.3) is 0 Å². The van der Waals surface area contributed by atoms with Crippen LogP contribution in [0, 0.1) is 12.8 Å². The van der Waals surface area contributed by atoms with E-state index >= 15 is 0 Å². The van der Waals surface area contributed by atoms with Crippen LogP contribution in [-0.4, -0.2) is 42.6 Å². The summed E-state index contributed by atoms with van der Waals surface area (Å²) >= 11 is 1.66. The summed E-state index contributed by atoms with van der Waals surface area (Å²) in [6, 6.07) is 0.269. The first-order valence-corrected chi connectivity index (χ1v) is 8.99. The first kappa shape index (κ1) is 19.3. The second-order valence-corrected chi connectivity index (χ2v) is 6.73. The summed E-state index contributed by atoms with van der Waals surface area (Å²) in [6.45, 7) is 12.1. The molecule has 0 saturated carbocycles. The molecule has 123 valence electrons.